The Morgan fingerprint density at radius 3 is 3.25 bits per heavy atom. The lowest BCUT2D eigenvalue weighted by Gasteiger charge is -2.23. The number of fused-ring (bicyclic) bond motifs is 1. The second-order valence-electron chi connectivity index (χ2n) is 4.88. The number of carbonyl (C=O) groups excluding carboxylic acids is 1. The molecule has 3 rings (SSSR count). The summed E-state index contributed by atoms with van der Waals surface area (Å²) in [5, 5.41) is 7.97. The summed E-state index contributed by atoms with van der Waals surface area (Å²) < 4.78 is 0. The van der Waals surface area contributed by atoms with Crippen LogP contribution in [0.4, 0.5) is 0 Å². The highest BCUT2D eigenvalue weighted by molar-refractivity contribution is 7.10. The molecule has 0 aliphatic heterocycles. The number of carbonyl (C=O) groups is 1. The van der Waals surface area contributed by atoms with Gasteiger partial charge in [0.25, 0.3) is 5.91 Å². The van der Waals surface area contributed by atoms with Crippen molar-refractivity contribution in [3.05, 3.63) is 38.0 Å². The topological polar surface area (TPSA) is 68.0 Å². The highest BCUT2D eigenvalue weighted by atomic mass is 32.1. The summed E-state index contributed by atoms with van der Waals surface area (Å²) >= 11 is 3.29. The van der Waals surface area contributed by atoms with E-state index in [1.165, 1.54) is 21.8 Å². The maximum Gasteiger partial charge on any atom is 0.271 e. The highest BCUT2D eigenvalue weighted by Crippen LogP contribution is 2.33. The van der Waals surface area contributed by atoms with E-state index in [0.717, 1.165) is 30.7 Å². The zero-order valence-corrected chi connectivity index (χ0v) is 12.7. The number of thiazole rings is 1. The van der Waals surface area contributed by atoms with Gasteiger partial charge in [-0.1, -0.05) is 0 Å². The molecule has 6 heteroatoms. The molecule has 0 bridgehead atoms. The van der Waals surface area contributed by atoms with E-state index in [1.807, 2.05) is 5.38 Å². The largest absolute Gasteiger partial charge is 0.344 e. The predicted molar refractivity (Wildman–Crippen MR) is 82.3 cm³/mol. The van der Waals surface area contributed by atoms with E-state index in [1.54, 1.807) is 11.3 Å². The molecule has 0 fully saturated rings. The Bertz CT molecular complexity index is 605. The zero-order chi connectivity index (χ0) is 13.9. The Balaban J connectivity index is 1.70. The third kappa shape index (κ3) is 2.77. The molecule has 1 aliphatic rings. The molecule has 0 saturated heterocycles. The van der Waals surface area contributed by atoms with Crippen LogP contribution in [0.3, 0.4) is 0 Å². The Kier molecular flexibility index (Phi) is 4.14. The Morgan fingerprint density at radius 2 is 2.40 bits per heavy atom. The lowest BCUT2D eigenvalue weighted by Crippen LogP contribution is -2.30. The van der Waals surface area contributed by atoms with Crippen molar-refractivity contribution in [3.8, 4) is 0 Å². The third-order valence-corrected chi connectivity index (χ3v) is 5.40. The number of hydrogen-bond acceptors (Lipinski definition) is 5. The molecule has 2 heterocycles. The van der Waals surface area contributed by atoms with Crippen molar-refractivity contribution in [2.75, 3.05) is 6.54 Å². The average molecular weight is 307 g/mol. The van der Waals surface area contributed by atoms with E-state index in [0.29, 0.717) is 12.2 Å². The second-order valence-corrected chi connectivity index (χ2v) is 6.83. The average Bonchev–Trinajstić information content (AvgIpc) is 3.08. The van der Waals surface area contributed by atoms with Crippen LogP contribution in [0.25, 0.3) is 0 Å². The minimum absolute atomic E-state index is 0.0754. The van der Waals surface area contributed by atoms with Gasteiger partial charge < -0.3 is 11.1 Å². The van der Waals surface area contributed by atoms with Gasteiger partial charge >= 0.3 is 0 Å². The Labute approximate surface area is 126 Å². The van der Waals surface area contributed by atoms with Crippen LogP contribution in [0.1, 0.15) is 44.8 Å². The van der Waals surface area contributed by atoms with Crippen LogP contribution >= 0.6 is 22.7 Å². The summed E-state index contributed by atoms with van der Waals surface area (Å²) in [5.74, 6) is -0.0754. The molecule has 20 heavy (non-hydrogen) atoms. The molecule has 4 nitrogen and oxygen atoms in total. The molecular weight excluding hydrogens is 290 g/mol. The lowest BCUT2D eigenvalue weighted by molar-refractivity contribution is 0.0928. The fourth-order valence-corrected chi connectivity index (χ4v) is 4.30. The van der Waals surface area contributed by atoms with Crippen LogP contribution in [0, 0.1) is 0 Å². The molecule has 2 aromatic rings. The molecule has 1 atom stereocenters. The fraction of sp³-hybridized carbons (Fsp3) is 0.429. The van der Waals surface area contributed by atoms with Gasteiger partial charge in [-0.2, -0.15) is 0 Å². The van der Waals surface area contributed by atoms with Crippen LogP contribution in [0.2, 0.25) is 0 Å². The van der Waals surface area contributed by atoms with Crippen LogP contribution in [-0.2, 0) is 12.8 Å². The molecule has 1 aliphatic carbocycles. The molecule has 0 saturated carbocycles. The van der Waals surface area contributed by atoms with Crippen molar-refractivity contribution in [1.82, 2.24) is 10.3 Å². The van der Waals surface area contributed by atoms with Crippen molar-refractivity contribution in [3.63, 3.8) is 0 Å². The number of hydrogen-bond donors (Lipinski definition) is 2. The van der Waals surface area contributed by atoms with Gasteiger partial charge in [-0.25, -0.2) is 4.98 Å². The first-order chi connectivity index (χ1) is 9.78. The van der Waals surface area contributed by atoms with E-state index >= 15 is 0 Å². The van der Waals surface area contributed by atoms with Gasteiger partial charge in [0, 0.05) is 16.7 Å². The first-order valence-corrected chi connectivity index (χ1v) is 8.55. The Morgan fingerprint density at radius 1 is 1.50 bits per heavy atom. The minimum Gasteiger partial charge on any atom is -0.344 e. The van der Waals surface area contributed by atoms with Crippen molar-refractivity contribution in [1.29, 1.82) is 0 Å². The molecule has 0 radical (unpaired) electrons. The Hall–Kier alpha value is -1.24. The monoisotopic (exact) mass is 307 g/mol. The smallest absolute Gasteiger partial charge is 0.271 e. The van der Waals surface area contributed by atoms with Crippen LogP contribution in [0.5, 0.6) is 0 Å². The molecule has 2 aromatic heterocycles. The number of aromatic nitrogens is 1. The van der Waals surface area contributed by atoms with Gasteiger partial charge in [0.1, 0.15) is 5.69 Å². The molecule has 0 spiro atoms. The number of thiophene rings is 1. The predicted octanol–water partition coefficient (Wildman–Crippen LogP) is 2.51. The van der Waals surface area contributed by atoms with Crippen molar-refractivity contribution < 1.29 is 4.79 Å². The van der Waals surface area contributed by atoms with Crippen molar-refractivity contribution in [2.24, 2.45) is 5.73 Å². The number of amides is 1. The van der Waals surface area contributed by atoms with E-state index < -0.39 is 0 Å². The second kappa shape index (κ2) is 6.03. The van der Waals surface area contributed by atoms with E-state index in [2.05, 4.69) is 21.7 Å². The first-order valence-electron chi connectivity index (χ1n) is 6.79. The first kappa shape index (κ1) is 13.7. The van der Waals surface area contributed by atoms with Gasteiger partial charge in [0.2, 0.25) is 0 Å². The summed E-state index contributed by atoms with van der Waals surface area (Å²) in [4.78, 5) is 18.0. The summed E-state index contributed by atoms with van der Waals surface area (Å²) in [6.07, 6.45) is 4.01. The quantitative estimate of drug-likeness (QED) is 0.912. The van der Waals surface area contributed by atoms with Gasteiger partial charge in [-0.3, -0.25) is 4.79 Å². The zero-order valence-electron chi connectivity index (χ0n) is 11.1. The van der Waals surface area contributed by atoms with Gasteiger partial charge in [-0.05, 0) is 42.8 Å². The number of nitrogens with zero attached hydrogens (tertiary/aromatic N) is 1. The van der Waals surface area contributed by atoms with Gasteiger partial charge in [-0.15, -0.1) is 22.7 Å². The van der Waals surface area contributed by atoms with Crippen molar-refractivity contribution >= 4 is 28.6 Å². The standard InChI is InChI=1S/C14H17N3OS2/c15-6-4-13-16-11(8-20-13)14(18)17-10-2-1-3-12-9(10)5-7-19-12/h5,7-8,10H,1-4,6,15H2,(H,17,18). The van der Waals surface area contributed by atoms with Crippen LogP contribution in [-0.4, -0.2) is 17.4 Å². The fourth-order valence-electron chi connectivity index (χ4n) is 2.52. The maximum absolute atomic E-state index is 12.3. The number of aryl methyl sites for hydroxylation is 1. The molecule has 3 N–H and O–H groups in total. The molecule has 106 valence electrons. The van der Waals surface area contributed by atoms with Crippen LogP contribution < -0.4 is 11.1 Å². The summed E-state index contributed by atoms with van der Waals surface area (Å²) in [7, 11) is 0. The molecule has 1 unspecified atom stereocenters. The molecule has 0 aromatic carbocycles. The third-order valence-electron chi connectivity index (χ3n) is 3.50. The minimum atomic E-state index is -0.0754. The van der Waals surface area contributed by atoms with Crippen LogP contribution in [0.15, 0.2) is 16.8 Å². The van der Waals surface area contributed by atoms with Gasteiger partial charge in [0.15, 0.2) is 0 Å². The molecule has 1 amide bonds. The van der Waals surface area contributed by atoms with E-state index in [4.69, 9.17) is 5.73 Å². The summed E-state index contributed by atoms with van der Waals surface area (Å²) in [6, 6.07) is 2.27. The summed E-state index contributed by atoms with van der Waals surface area (Å²) in [5.41, 5.74) is 7.30. The normalized spacial score (nSPS) is 17.8. The SMILES string of the molecule is NCCc1nc(C(=O)NC2CCCc3sccc32)cs1. The van der Waals surface area contributed by atoms with E-state index in [9.17, 15) is 4.79 Å². The lowest BCUT2D eigenvalue weighted by atomic mass is 9.94. The van der Waals surface area contributed by atoms with Crippen molar-refractivity contribution in [2.45, 2.75) is 31.7 Å². The summed E-state index contributed by atoms with van der Waals surface area (Å²) in [6.45, 7) is 0.565. The number of rotatable bonds is 4. The number of nitrogens with two attached hydrogens (primary N) is 1. The van der Waals surface area contributed by atoms with E-state index in [-0.39, 0.29) is 11.9 Å². The number of nitrogens with one attached hydrogen (secondary N) is 1. The maximum atomic E-state index is 12.3. The van der Waals surface area contributed by atoms with Gasteiger partial charge in [0.05, 0.1) is 11.0 Å². The highest BCUT2D eigenvalue weighted by Gasteiger charge is 2.23. The molecular formula is C14H17N3OS2.